The Kier molecular flexibility index (Phi) is 8.26. The molecule has 1 heterocycles. The lowest BCUT2D eigenvalue weighted by Crippen LogP contribution is -2.27. The zero-order valence-corrected chi connectivity index (χ0v) is 17.7. The first-order valence-corrected chi connectivity index (χ1v) is 9.95. The van der Waals surface area contributed by atoms with Gasteiger partial charge in [-0.15, -0.1) is 0 Å². The largest absolute Gasteiger partial charge is 0.372 e. The topological polar surface area (TPSA) is 60.5 Å². The molecule has 1 amide bonds. The van der Waals surface area contributed by atoms with Crippen molar-refractivity contribution in [2.45, 2.75) is 27.2 Å². The van der Waals surface area contributed by atoms with Crippen LogP contribution in [-0.4, -0.2) is 56.1 Å². The van der Waals surface area contributed by atoms with Gasteiger partial charge in [0, 0.05) is 37.2 Å². The van der Waals surface area contributed by atoms with Crippen LogP contribution in [0.25, 0.3) is 0 Å². The molecule has 152 valence electrons. The number of nitrogens with one attached hydrogen (secondary N) is 2. The Morgan fingerprint density at radius 3 is 2.50 bits per heavy atom. The maximum absolute atomic E-state index is 12.3. The number of anilines is 3. The van der Waals surface area contributed by atoms with Gasteiger partial charge in [-0.05, 0) is 77.7 Å². The van der Waals surface area contributed by atoms with Gasteiger partial charge in [-0.1, -0.05) is 0 Å². The van der Waals surface area contributed by atoms with Crippen LogP contribution < -0.4 is 15.5 Å². The molecule has 0 aliphatic carbocycles. The number of pyridine rings is 1. The Labute approximate surface area is 169 Å². The zero-order valence-electron chi connectivity index (χ0n) is 17.7. The number of carbonyl (C=O) groups is 1. The number of hydrogen-bond donors (Lipinski definition) is 2. The minimum absolute atomic E-state index is 0.0940. The molecule has 0 aliphatic rings. The molecule has 28 heavy (non-hydrogen) atoms. The maximum atomic E-state index is 12.3. The molecular weight excluding hydrogens is 350 g/mol. The summed E-state index contributed by atoms with van der Waals surface area (Å²) in [4.78, 5) is 21.0. The van der Waals surface area contributed by atoms with Crippen molar-refractivity contribution < 1.29 is 4.79 Å². The molecule has 0 unspecified atom stereocenters. The SMILES string of the molecule is CCN(CC)c1ccc(Nc2cncc(C(=O)NCCCN(C)C)c2)c(C)c1. The van der Waals surface area contributed by atoms with Gasteiger partial charge in [0.05, 0.1) is 17.4 Å². The predicted octanol–water partition coefficient (Wildman–Crippen LogP) is 3.66. The first kappa shape index (κ1) is 21.7. The lowest BCUT2D eigenvalue weighted by atomic mass is 10.1. The quantitative estimate of drug-likeness (QED) is 0.613. The summed E-state index contributed by atoms with van der Waals surface area (Å²) < 4.78 is 0. The van der Waals surface area contributed by atoms with Crippen LogP contribution in [0.3, 0.4) is 0 Å². The van der Waals surface area contributed by atoms with Crippen LogP contribution in [0.15, 0.2) is 36.7 Å². The van der Waals surface area contributed by atoms with E-state index in [1.165, 1.54) is 5.69 Å². The van der Waals surface area contributed by atoms with Crippen LogP contribution in [0, 0.1) is 6.92 Å². The van der Waals surface area contributed by atoms with Crippen molar-refractivity contribution in [1.29, 1.82) is 0 Å². The van der Waals surface area contributed by atoms with Crippen molar-refractivity contribution in [3.63, 3.8) is 0 Å². The Bertz CT molecular complexity index is 771. The van der Waals surface area contributed by atoms with Crippen molar-refractivity contribution in [2.75, 3.05) is 50.5 Å². The van der Waals surface area contributed by atoms with E-state index in [0.717, 1.165) is 43.0 Å². The summed E-state index contributed by atoms with van der Waals surface area (Å²) in [6, 6.07) is 8.23. The molecule has 0 aliphatic heterocycles. The van der Waals surface area contributed by atoms with E-state index in [2.05, 4.69) is 64.4 Å². The van der Waals surface area contributed by atoms with Gasteiger partial charge >= 0.3 is 0 Å². The molecule has 0 saturated carbocycles. The van der Waals surface area contributed by atoms with E-state index >= 15 is 0 Å². The molecule has 2 aromatic rings. The second-order valence-corrected chi connectivity index (χ2v) is 7.17. The molecule has 2 rings (SSSR count). The zero-order chi connectivity index (χ0) is 20.5. The summed E-state index contributed by atoms with van der Waals surface area (Å²) in [6.45, 7) is 9.98. The highest BCUT2D eigenvalue weighted by Gasteiger charge is 2.09. The van der Waals surface area contributed by atoms with E-state index in [-0.39, 0.29) is 5.91 Å². The Morgan fingerprint density at radius 2 is 1.86 bits per heavy atom. The highest BCUT2D eigenvalue weighted by Crippen LogP contribution is 2.25. The van der Waals surface area contributed by atoms with Gasteiger partial charge < -0.3 is 20.4 Å². The molecule has 0 saturated heterocycles. The Morgan fingerprint density at radius 1 is 1.11 bits per heavy atom. The van der Waals surface area contributed by atoms with Crippen LogP contribution in [0.4, 0.5) is 17.1 Å². The average molecular weight is 384 g/mol. The molecule has 6 heteroatoms. The van der Waals surface area contributed by atoms with E-state index in [4.69, 9.17) is 0 Å². The van der Waals surface area contributed by atoms with E-state index in [1.54, 1.807) is 12.4 Å². The molecule has 0 atom stereocenters. The van der Waals surface area contributed by atoms with Crippen LogP contribution in [0.2, 0.25) is 0 Å². The Hall–Kier alpha value is -2.60. The number of nitrogens with zero attached hydrogens (tertiary/aromatic N) is 3. The fourth-order valence-electron chi connectivity index (χ4n) is 3.06. The fraction of sp³-hybridized carbons (Fsp3) is 0.455. The molecule has 0 spiro atoms. The van der Waals surface area contributed by atoms with Crippen molar-refractivity contribution in [2.24, 2.45) is 0 Å². The van der Waals surface area contributed by atoms with Crippen LogP contribution in [0.1, 0.15) is 36.2 Å². The summed E-state index contributed by atoms with van der Waals surface area (Å²) in [5, 5.41) is 6.33. The molecule has 2 N–H and O–H groups in total. The van der Waals surface area contributed by atoms with E-state index in [1.807, 2.05) is 20.2 Å². The van der Waals surface area contributed by atoms with Crippen LogP contribution in [-0.2, 0) is 0 Å². The average Bonchev–Trinajstić information content (AvgIpc) is 2.68. The van der Waals surface area contributed by atoms with Gasteiger partial charge in [0.2, 0.25) is 0 Å². The fourth-order valence-corrected chi connectivity index (χ4v) is 3.06. The maximum Gasteiger partial charge on any atom is 0.252 e. The highest BCUT2D eigenvalue weighted by atomic mass is 16.1. The molecule has 1 aromatic heterocycles. The minimum Gasteiger partial charge on any atom is -0.372 e. The lowest BCUT2D eigenvalue weighted by molar-refractivity contribution is 0.0952. The molecule has 0 radical (unpaired) electrons. The van der Waals surface area contributed by atoms with Crippen LogP contribution >= 0.6 is 0 Å². The lowest BCUT2D eigenvalue weighted by Gasteiger charge is -2.22. The second-order valence-electron chi connectivity index (χ2n) is 7.17. The van der Waals surface area contributed by atoms with Gasteiger partial charge in [-0.25, -0.2) is 0 Å². The molecule has 6 nitrogen and oxygen atoms in total. The second kappa shape index (κ2) is 10.7. The highest BCUT2D eigenvalue weighted by molar-refractivity contribution is 5.94. The molecule has 0 bridgehead atoms. The van der Waals surface area contributed by atoms with Crippen molar-refractivity contribution in [3.05, 3.63) is 47.8 Å². The predicted molar refractivity (Wildman–Crippen MR) is 118 cm³/mol. The van der Waals surface area contributed by atoms with Gasteiger partial charge in [0.1, 0.15) is 0 Å². The van der Waals surface area contributed by atoms with Gasteiger partial charge in [-0.3, -0.25) is 9.78 Å². The van der Waals surface area contributed by atoms with E-state index in [0.29, 0.717) is 12.1 Å². The number of carbonyl (C=O) groups excluding carboxylic acids is 1. The molecule has 1 aromatic carbocycles. The van der Waals surface area contributed by atoms with E-state index in [9.17, 15) is 4.79 Å². The van der Waals surface area contributed by atoms with Crippen LogP contribution in [0.5, 0.6) is 0 Å². The van der Waals surface area contributed by atoms with Crippen molar-refractivity contribution in [1.82, 2.24) is 15.2 Å². The molecular formula is C22H33N5O. The summed E-state index contributed by atoms with van der Waals surface area (Å²) in [7, 11) is 4.05. The van der Waals surface area contributed by atoms with Gasteiger partial charge in [0.15, 0.2) is 0 Å². The summed E-state index contributed by atoms with van der Waals surface area (Å²) in [5.74, 6) is -0.0940. The van der Waals surface area contributed by atoms with Gasteiger partial charge in [0.25, 0.3) is 5.91 Å². The number of benzene rings is 1. The molecule has 0 fully saturated rings. The Balaban J connectivity index is 2.03. The first-order chi connectivity index (χ1) is 13.4. The summed E-state index contributed by atoms with van der Waals surface area (Å²) >= 11 is 0. The number of hydrogen-bond acceptors (Lipinski definition) is 5. The third kappa shape index (κ3) is 6.23. The number of aromatic nitrogens is 1. The summed E-state index contributed by atoms with van der Waals surface area (Å²) in [5.41, 5.74) is 4.76. The van der Waals surface area contributed by atoms with Gasteiger partial charge in [-0.2, -0.15) is 0 Å². The van der Waals surface area contributed by atoms with Crippen molar-refractivity contribution in [3.8, 4) is 0 Å². The third-order valence-electron chi connectivity index (χ3n) is 4.69. The number of amides is 1. The normalized spacial score (nSPS) is 10.8. The standard InChI is InChI=1S/C22H33N5O/c1-6-27(7-2)20-9-10-21(17(3)13-20)25-19-14-18(15-23-16-19)22(28)24-11-8-12-26(4)5/h9-10,13-16,25H,6-8,11-12H2,1-5H3,(H,24,28). The summed E-state index contributed by atoms with van der Waals surface area (Å²) in [6.07, 6.45) is 4.26. The number of rotatable bonds is 10. The number of aryl methyl sites for hydroxylation is 1. The monoisotopic (exact) mass is 383 g/mol. The third-order valence-corrected chi connectivity index (χ3v) is 4.69. The first-order valence-electron chi connectivity index (χ1n) is 9.95. The van der Waals surface area contributed by atoms with E-state index < -0.39 is 0 Å². The minimum atomic E-state index is -0.0940. The van der Waals surface area contributed by atoms with Crippen molar-refractivity contribution >= 4 is 23.0 Å². The smallest absolute Gasteiger partial charge is 0.252 e.